The third kappa shape index (κ3) is 19.4. The fraction of sp³-hybridized carbons (Fsp3) is 1.00. The van der Waals surface area contributed by atoms with Crippen LogP contribution in [0.2, 0.25) is 0 Å². The highest BCUT2D eigenvalue weighted by Gasteiger charge is 2.53. The molecule has 2 unspecified atom stereocenters. The van der Waals surface area contributed by atoms with E-state index in [0.717, 1.165) is 21.7 Å². The Balaban J connectivity index is 0.000000192. The van der Waals surface area contributed by atoms with E-state index in [-0.39, 0.29) is 0 Å². The van der Waals surface area contributed by atoms with Crippen molar-refractivity contribution in [1.29, 1.82) is 0 Å². The predicted molar refractivity (Wildman–Crippen MR) is 424 cm³/mol. The van der Waals surface area contributed by atoms with Gasteiger partial charge in [0.2, 0.25) is 0 Å². The zero-order valence-electron chi connectivity index (χ0n) is 70.9. The quantitative estimate of drug-likeness (QED) is 0.264. The molecule has 4 atom stereocenters. The van der Waals surface area contributed by atoms with Crippen molar-refractivity contribution in [2.45, 2.75) is 502 Å². The van der Waals surface area contributed by atoms with Crippen LogP contribution in [0.25, 0.3) is 0 Å². The van der Waals surface area contributed by atoms with Crippen LogP contribution in [0.3, 0.4) is 0 Å². The van der Waals surface area contributed by atoms with E-state index in [0.29, 0.717) is 75.8 Å². The molecule has 0 aromatic rings. The van der Waals surface area contributed by atoms with Gasteiger partial charge in [0, 0.05) is 0 Å². The van der Waals surface area contributed by atoms with Gasteiger partial charge in [-0.2, -0.15) is 0 Å². The molecule has 13 aliphatic carbocycles. The minimum Gasteiger partial charge on any atom is -0.0648 e. The molecule has 556 valence electrons. The Kier molecular flexibility index (Phi) is 29.1. The Hall–Kier alpha value is 0. The summed E-state index contributed by atoms with van der Waals surface area (Å²) in [6.45, 7) is 68.2. The smallest absolute Gasteiger partial charge is 0.0272 e. The van der Waals surface area contributed by atoms with Crippen LogP contribution in [0, 0.1) is 97.5 Å². The van der Waals surface area contributed by atoms with E-state index in [1.165, 1.54) is 308 Å². The summed E-state index contributed by atoms with van der Waals surface area (Å²) in [4.78, 5) is 0. The van der Waals surface area contributed by atoms with E-state index in [2.05, 4.69) is 194 Å². The summed E-state index contributed by atoms with van der Waals surface area (Å²) in [6.07, 6.45) is 70.6. The second-order valence-electron chi connectivity index (χ2n) is 45.0. The first kappa shape index (κ1) is 84.7. The van der Waals surface area contributed by atoms with Crippen molar-refractivity contribution in [3.63, 3.8) is 0 Å². The minimum atomic E-state index is 0.590. The van der Waals surface area contributed by atoms with Gasteiger partial charge in [-0.1, -0.05) is 335 Å². The van der Waals surface area contributed by atoms with Gasteiger partial charge in [0.15, 0.2) is 0 Å². The Bertz CT molecular complexity index is 1910. The van der Waals surface area contributed by atoms with Crippen LogP contribution in [0.5, 0.6) is 0 Å². The summed E-state index contributed by atoms with van der Waals surface area (Å²) in [5, 5.41) is 0. The lowest BCUT2D eigenvalue weighted by atomic mass is 9.52. The van der Waals surface area contributed by atoms with Crippen molar-refractivity contribution in [1.82, 2.24) is 0 Å². The van der Waals surface area contributed by atoms with Crippen molar-refractivity contribution in [3.05, 3.63) is 0 Å². The van der Waals surface area contributed by atoms with Gasteiger partial charge in [0.05, 0.1) is 0 Å². The number of hydrogen-bond acceptors (Lipinski definition) is 0. The largest absolute Gasteiger partial charge is 0.0648 e. The van der Waals surface area contributed by atoms with Crippen LogP contribution >= 0.6 is 0 Å². The van der Waals surface area contributed by atoms with Gasteiger partial charge in [-0.05, 0) is 264 Å². The molecule has 13 fully saturated rings. The first-order valence-electron chi connectivity index (χ1n) is 43.1. The van der Waals surface area contributed by atoms with Gasteiger partial charge in [0.1, 0.15) is 0 Å². The summed E-state index contributed by atoms with van der Waals surface area (Å²) in [6, 6.07) is 0. The fourth-order valence-corrected chi connectivity index (χ4v) is 23.2. The van der Waals surface area contributed by atoms with E-state index >= 15 is 0 Å². The molecular weight excluding hydrogens is 1130 g/mol. The van der Waals surface area contributed by atoms with Gasteiger partial charge in [-0.15, -0.1) is 0 Å². The Morgan fingerprint density at radius 1 is 0.128 bits per heavy atom. The van der Waals surface area contributed by atoms with E-state index in [9.17, 15) is 0 Å². The lowest BCUT2D eigenvalue weighted by molar-refractivity contribution is -0.0261. The van der Waals surface area contributed by atoms with Crippen LogP contribution in [-0.2, 0) is 0 Å². The topological polar surface area (TPSA) is 0 Å². The second-order valence-corrected chi connectivity index (χ2v) is 45.0. The van der Waals surface area contributed by atoms with Crippen LogP contribution in [0.1, 0.15) is 502 Å². The third-order valence-corrected chi connectivity index (χ3v) is 37.5. The summed E-state index contributed by atoms with van der Waals surface area (Å²) < 4.78 is 0. The maximum Gasteiger partial charge on any atom is -0.0272 e. The molecule has 0 heteroatoms. The second kappa shape index (κ2) is 32.3. The zero-order chi connectivity index (χ0) is 70.9. The molecule has 13 saturated carbocycles. The van der Waals surface area contributed by atoms with E-state index in [1.54, 1.807) is 0 Å². The minimum absolute atomic E-state index is 0.590. The summed E-state index contributed by atoms with van der Waals surface area (Å²) in [5.74, 6) is 0. The molecule has 0 N–H and O–H groups in total. The number of fused-ring (bicyclic) bond motifs is 3. The van der Waals surface area contributed by atoms with Crippen LogP contribution in [0.4, 0.5) is 0 Å². The Labute approximate surface area is 596 Å². The molecule has 0 amide bonds. The molecule has 94 heavy (non-hydrogen) atoms. The van der Waals surface area contributed by atoms with Crippen molar-refractivity contribution < 1.29 is 0 Å². The highest BCUT2D eigenvalue weighted by atomic mass is 14.6. The molecule has 0 nitrogen and oxygen atoms in total. The van der Waals surface area contributed by atoms with E-state index in [1.807, 2.05) is 0 Å². The number of hydrogen-bond donors (Lipinski definition) is 0. The van der Waals surface area contributed by atoms with Crippen LogP contribution in [-0.4, -0.2) is 0 Å². The van der Waals surface area contributed by atoms with Crippen molar-refractivity contribution in [3.8, 4) is 0 Å². The monoisotopic (exact) mass is 1310 g/mol. The Morgan fingerprint density at radius 2 is 0.234 bits per heavy atom. The molecule has 0 aromatic carbocycles. The first-order chi connectivity index (χ1) is 43.1. The van der Waals surface area contributed by atoms with Crippen LogP contribution < -0.4 is 0 Å². The first-order valence-corrected chi connectivity index (χ1v) is 43.1. The van der Waals surface area contributed by atoms with Crippen molar-refractivity contribution in [2.24, 2.45) is 97.5 Å². The molecule has 0 radical (unpaired) electrons. The van der Waals surface area contributed by atoms with Crippen LogP contribution in [0.15, 0.2) is 0 Å². The molecule has 13 aliphatic rings. The normalized spacial score (nSPS) is 39.4. The number of rotatable bonds is 3. The van der Waals surface area contributed by atoms with Gasteiger partial charge in [0.25, 0.3) is 0 Å². The summed E-state index contributed by atoms with van der Waals surface area (Å²) in [5.41, 5.74) is 11.7. The average Bonchev–Trinajstić information content (AvgIpc) is 0.936. The molecule has 0 bridgehead atoms. The average molecular weight is 1310 g/mol. The lowest BCUT2D eigenvalue weighted by Gasteiger charge is -2.53. The Morgan fingerprint density at radius 3 is 0.351 bits per heavy atom. The molecule has 0 spiro atoms. The SMILES string of the molecule is CC1(C)CCCC1(C)C.CC1(C)CCCC1(C)C.CC1(C)CCCC1(C)C.CC1(C)CCCC1(C)C.CC1(C2(C)CCCCC2)CCCCC1.CC12CCCC1(C)CCC2.CC12CCCCC1(C)CCCC2.CC12CCCC[C@@]1(C)CCC2.CCC1(C)CCC[C@@]1(C)CC. The zero-order valence-corrected chi connectivity index (χ0v) is 70.9. The molecule has 0 saturated heterocycles. The molecule has 0 heterocycles. The highest BCUT2D eigenvalue weighted by Crippen LogP contribution is 2.64. The van der Waals surface area contributed by atoms with Gasteiger partial charge in [-0.3, -0.25) is 0 Å². The molecule has 13 rings (SSSR count). The van der Waals surface area contributed by atoms with Crippen molar-refractivity contribution in [2.75, 3.05) is 0 Å². The van der Waals surface area contributed by atoms with E-state index in [4.69, 9.17) is 0 Å². The van der Waals surface area contributed by atoms with Crippen molar-refractivity contribution >= 4 is 0 Å². The predicted octanol–water partition coefficient (Wildman–Crippen LogP) is 33.1. The summed E-state index contributed by atoms with van der Waals surface area (Å²) in [7, 11) is 0. The molecular formula is C94H180. The third-order valence-electron chi connectivity index (χ3n) is 37.5. The maximum absolute atomic E-state index is 2.58. The molecule has 0 aromatic heterocycles. The van der Waals surface area contributed by atoms with Gasteiger partial charge in [-0.25, -0.2) is 0 Å². The fourth-order valence-electron chi connectivity index (χ4n) is 23.2. The van der Waals surface area contributed by atoms with Gasteiger partial charge >= 0.3 is 0 Å². The summed E-state index contributed by atoms with van der Waals surface area (Å²) >= 11 is 0. The van der Waals surface area contributed by atoms with Gasteiger partial charge < -0.3 is 0 Å². The van der Waals surface area contributed by atoms with E-state index < -0.39 is 0 Å². The lowest BCUT2D eigenvalue weighted by Crippen LogP contribution is -2.42. The highest BCUT2D eigenvalue weighted by molar-refractivity contribution is 5.04. The maximum atomic E-state index is 2.58. The standard InChI is InChI=1S/C14H26.C12H22.C11H20.C11H22.C10H18.4C9H18/c1-13(9-5-3-6-10-13)14(2)11-7-4-8-12-14;1-11-7-3-5-9-12(11,2)10-6-4-8-11;1-10-6-3-4-7-11(10,2)9-5-8-10;1-5-10(3)8-7-9-11(10,4)6-2;1-9-5-3-7-10(9,2)8-4-6-9;4*1-8(2)6-5-7-9(8,3)4/h3-12H2,1-2H3;3-10H2,1-2H3;3-9H2,1-2H3;5-9H2,1-4H3;3-8H2,1-2H3;4*5-7H2,1-4H3/t;;2*10-,11?;;;;;/m..01...../s1. The molecule has 0 aliphatic heterocycles.